The van der Waals surface area contributed by atoms with E-state index >= 15 is 0 Å². The number of amides is 1. The number of rotatable bonds is 3. The molecule has 3 aromatic rings. The van der Waals surface area contributed by atoms with Crippen molar-refractivity contribution in [1.29, 1.82) is 0 Å². The van der Waals surface area contributed by atoms with Crippen molar-refractivity contribution in [2.45, 2.75) is 32.1 Å². The maximum absolute atomic E-state index is 14.4. The van der Waals surface area contributed by atoms with E-state index in [2.05, 4.69) is 32.8 Å². The first-order chi connectivity index (χ1) is 16.1. The maximum atomic E-state index is 14.4. The van der Waals surface area contributed by atoms with E-state index in [1.807, 2.05) is 6.07 Å². The van der Waals surface area contributed by atoms with Gasteiger partial charge in [0.2, 0.25) is 0 Å². The molecule has 0 spiro atoms. The van der Waals surface area contributed by atoms with E-state index in [0.29, 0.717) is 29.4 Å². The Morgan fingerprint density at radius 3 is 2.91 bits per heavy atom. The molecule has 4 N–H and O–H groups in total. The van der Waals surface area contributed by atoms with Gasteiger partial charge in [-0.15, -0.1) is 0 Å². The summed E-state index contributed by atoms with van der Waals surface area (Å²) in [4.78, 5) is 21.0. The smallest absolute Gasteiger partial charge is 0.255 e. The van der Waals surface area contributed by atoms with Gasteiger partial charge >= 0.3 is 0 Å². The lowest BCUT2D eigenvalue weighted by Crippen LogP contribution is -2.35. The highest BCUT2D eigenvalue weighted by Gasteiger charge is 2.34. The summed E-state index contributed by atoms with van der Waals surface area (Å²) in [6.45, 7) is 3.70. The molecule has 2 bridgehead atoms. The third-order valence-corrected chi connectivity index (χ3v) is 6.66. The number of aromatic nitrogens is 2. The normalized spacial score (nSPS) is 19.9. The van der Waals surface area contributed by atoms with Crippen LogP contribution < -0.4 is 20.7 Å². The number of fused-ring (bicyclic) bond motifs is 3. The lowest BCUT2D eigenvalue weighted by molar-refractivity contribution is 0.0939. The highest BCUT2D eigenvalue weighted by atomic mass is 19.1. The summed E-state index contributed by atoms with van der Waals surface area (Å²) in [5.41, 5.74) is 5.11. The topological polar surface area (TPSA) is 91.1 Å². The summed E-state index contributed by atoms with van der Waals surface area (Å²) in [7, 11) is 1.43. The van der Waals surface area contributed by atoms with Crippen LogP contribution in [0, 0.1) is 11.7 Å². The zero-order chi connectivity index (χ0) is 22.9. The van der Waals surface area contributed by atoms with E-state index in [1.165, 1.54) is 13.2 Å². The van der Waals surface area contributed by atoms with E-state index in [9.17, 15) is 9.18 Å². The molecule has 2 unspecified atom stereocenters. The Bertz CT molecular complexity index is 1190. The molecule has 2 atom stereocenters. The SMILES string of the molecule is COc1c(F)cccc1Nc1c2[nH]c3c1C(=O)NCC3CCC(C)CCNc1cnccc1-2. The number of hydrogen-bond acceptors (Lipinski definition) is 5. The first-order valence-electron chi connectivity index (χ1n) is 11.4. The van der Waals surface area contributed by atoms with Crippen LogP contribution in [0.1, 0.15) is 48.2 Å². The lowest BCUT2D eigenvalue weighted by atomic mass is 9.89. The van der Waals surface area contributed by atoms with Gasteiger partial charge in [0.05, 0.1) is 41.6 Å². The Labute approximate surface area is 192 Å². The summed E-state index contributed by atoms with van der Waals surface area (Å²) in [6, 6.07) is 6.63. The zero-order valence-corrected chi connectivity index (χ0v) is 18.8. The third-order valence-electron chi connectivity index (χ3n) is 6.66. The number of H-pyrrole nitrogens is 1. The van der Waals surface area contributed by atoms with Crippen LogP contribution in [0.2, 0.25) is 0 Å². The van der Waals surface area contributed by atoms with Gasteiger partial charge in [-0.1, -0.05) is 13.0 Å². The molecule has 0 saturated carbocycles. The summed E-state index contributed by atoms with van der Waals surface area (Å²) in [5, 5.41) is 9.89. The average Bonchev–Trinajstić information content (AvgIpc) is 3.18. The predicted molar refractivity (Wildman–Crippen MR) is 127 cm³/mol. The maximum Gasteiger partial charge on any atom is 0.255 e. The van der Waals surface area contributed by atoms with Crippen LogP contribution >= 0.6 is 0 Å². The number of carbonyl (C=O) groups is 1. The molecule has 0 radical (unpaired) electrons. The van der Waals surface area contributed by atoms with Crippen LogP contribution in [-0.2, 0) is 0 Å². The fourth-order valence-corrected chi connectivity index (χ4v) is 4.83. The molecule has 8 heteroatoms. The number of anilines is 3. The van der Waals surface area contributed by atoms with Gasteiger partial charge in [-0.2, -0.15) is 0 Å². The van der Waals surface area contributed by atoms with E-state index in [4.69, 9.17) is 4.74 Å². The van der Waals surface area contributed by atoms with Gasteiger partial charge in [-0.3, -0.25) is 9.78 Å². The van der Waals surface area contributed by atoms with Crippen molar-refractivity contribution in [2.24, 2.45) is 5.92 Å². The highest BCUT2D eigenvalue weighted by molar-refractivity contribution is 6.07. The van der Waals surface area contributed by atoms with Crippen LogP contribution in [0.4, 0.5) is 21.5 Å². The molecule has 33 heavy (non-hydrogen) atoms. The molecular weight excluding hydrogens is 421 g/mol. The van der Waals surface area contributed by atoms with Gasteiger partial charge in [-0.25, -0.2) is 4.39 Å². The monoisotopic (exact) mass is 449 g/mol. The molecule has 0 aliphatic carbocycles. The molecule has 1 amide bonds. The van der Waals surface area contributed by atoms with Crippen LogP contribution in [0.5, 0.6) is 5.75 Å². The lowest BCUT2D eigenvalue weighted by Gasteiger charge is -2.25. The molecule has 0 fully saturated rings. The first kappa shape index (κ1) is 21.3. The zero-order valence-electron chi connectivity index (χ0n) is 18.8. The second-order valence-electron chi connectivity index (χ2n) is 8.84. The van der Waals surface area contributed by atoms with E-state index in [-0.39, 0.29) is 17.6 Å². The minimum atomic E-state index is -0.470. The fourth-order valence-electron chi connectivity index (χ4n) is 4.83. The molecule has 2 aromatic heterocycles. The largest absolute Gasteiger partial charge is 0.492 e. The van der Waals surface area contributed by atoms with Crippen molar-refractivity contribution >= 4 is 23.0 Å². The molecule has 172 valence electrons. The molecule has 1 aromatic carbocycles. The summed E-state index contributed by atoms with van der Waals surface area (Å²) < 4.78 is 19.7. The summed E-state index contributed by atoms with van der Waals surface area (Å²) in [6.07, 6.45) is 6.63. The van der Waals surface area contributed by atoms with Gasteiger partial charge in [-0.05, 0) is 43.4 Å². The van der Waals surface area contributed by atoms with E-state index in [1.54, 1.807) is 24.5 Å². The van der Waals surface area contributed by atoms with Gasteiger partial charge in [0.1, 0.15) is 0 Å². The number of halogens is 1. The predicted octanol–water partition coefficient (Wildman–Crippen LogP) is 5.03. The number of nitrogens with zero attached hydrogens (tertiary/aromatic N) is 1. The molecule has 7 nitrogen and oxygen atoms in total. The van der Waals surface area contributed by atoms with Gasteiger partial charge in [0, 0.05) is 36.5 Å². The second kappa shape index (κ2) is 8.77. The van der Waals surface area contributed by atoms with Crippen molar-refractivity contribution in [3.05, 3.63) is 53.7 Å². The molecule has 0 saturated heterocycles. The number of hydrogen-bond donors (Lipinski definition) is 4. The van der Waals surface area contributed by atoms with Gasteiger partial charge in [0.15, 0.2) is 11.6 Å². The second-order valence-corrected chi connectivity index (χ2v) is 8.84. The molecule has 2 aliphatic heterocycles. The van der Waals surface area contributed by atoms with Crippen molar-refractivity contribution < 1.29 is 13.9 Å². The quantitative estimate of drug-likeness (QED) is 0.450. The highest BCUT2D eigenvalue weighted by Crippen LogP contribution is 2.44. The number of ether oxygens (including phenoxy) is 1. The number of para-hydroxylation sites is 1. The molecule has 2 aliphatic rings. The average molecular weight is 450 g/mol. The number of carbonyl (C=O) groups excluding carboxylic acids is 1. The Morgan fingerprint density at radius 1 is 1.18 bits per heavy atom. The minimum absolute atomic E-state index is 0.103. The Hall–Kier alpha value is -3.55. The minimum Gasteiger partial charge on any atom is -0.492 e. The molecular formula is C25H28FN5O2. The number of aromatic amines is 1. The third kappa shape index (κ3) is 3.90. The number of pyridine rings is 1. The number of benzene rings is 1. The van der Waals surface area contributed by atoms with Crippen molar-refractivity contribution in [3.8, 4) is 17.0 Å². The Kier molecular flexibility index (Phi) is 5.66. The standard InChI is InChI=1S/C25H28FN5O2/c1-14-6-7-15-12-29-25(32)20-21(15)31-22(16-9-10-27-13-19(16)28-11-8-14)23(20)30-18-5-3-4-17(26)24(18)33-2/h3-5,9-10,13-15,28,30-31H,6-8,11-12H2,1-2H3,(H,29,32). The Balaban J connectivity index is 1.72. The molecule has 4 heterocycles. The van der Waals surface area contributed by atoms with Crippen LogP contribution in [0.3, 0.4) is 0 Å². The molecule has 5 rings (SSSR count). The number of methoxy groups -OCH3 is 1. The van der Waals surface area contributed by atoms with Gasteiger partial charge < -0.3 is 25.7 Å². The van der Waals surface area contributed by atoms with Gasteiger partial charge in [0.25, 0.3) is 5.91 Å². The van der Waals surface area contributed by atoms with E-state index < -0.39 is 5.82 Å². The summed E-state index contributed by atoms with van der Waals surface area (Å²) in [5.74, 6) is 0.226. The van der Waals surface area contributed by atoms with Crippen LogP contribution in [0.15, 0.2) is 36.7 Å². The number of nitrogens with one attached hydrogen (secondary N) is 4. The van der Waals surface area contributed by atoms with Crippen molar-refractivity contribution in [3.63, 3.8) is 0 Å². The van der Waals surface area contributed by atoms with Crippen LogP contribution in [-0.4, -0.2) is 36.1 Å². The van der Waals surface area contributed by atoms with E-state index in [0.717, 1.165) is 48.4 Å². The fraction of sp³-hybridized carbons (Fsp3) is 0.360. The van der Waals surface area contributed by atoms with Crippen molar-refractivity contribution in [2.75, 3.05) is 30.8 Å². The van der Waals surface area contributed by atoms with Crippen LogP contribution in [0.25, 0.3) is 11.3 Å². The first-order valence-corrected chi connectivity index (χ1v) is 11.4. The summed E-state index contributed by atoms with van der Waals surface area (Å²) >= 11 is 0. The Morgan fingerprint density at radius 2 is 2.06 bits per heavy atom. The van der Waals surface area contributed by atoms with Crippen molar-refractivity contribution in [1.82, 2.24) is 15.3 Å².